The smallest absolute Gasteiger partial charge is 0.326 e. The summed E-state index contributed by atoms with van der Waals surface area (Å²) in [4.78, 5) is 29.5. The molecule has 2 heterocycles. The van der Waals surface area contributed by atoms with E-state index in [9.17, 15) is 9.59 Å². The first kappa shape index (κ1) is 15.4. The minimum absolute atomic E-state index is 0.135. The highest BCUT2D eigenvalue weighted by molar-refractivity contribution is 7.17. The van der Waals surface area contributed by atoms with Crippen LogP contribution in [0.1, 0.15) is 13.8 Å². The average Bonchev–Trinajstić information content (AvgIpc) is 2.95. The zero-order valence-corrected chi connectivity index (χ0v) is 13.7. The Morgan fingerprint density at radius 1 is 1.30 bits per heavy atom. The fourth-order valence-electron chi connectivity index (χ4n) is 2.35. The number of benzene rings is 1. The topological polar surface area (TPSA) is 61.2 Å². The molecule has 0 unspecified atom stereocenters. The number of carbonyl (C=O) groups excluding carboxylic acids is 1. The van der Waals surface area contributed by atoms with Crippen LogP contribution in [0, 0.1) is 0 Å². The molecule has 0 N–H and O–H groups in total. The van der Waals surface area contributed by atoms with E-state index >= 15 is 0 Å². The Kier molecular flexibility index (Phi) is 4.25. The summed E-state index contributed by atoms with van der Waals surface area (Å²) in [6.07, 6.45) is 1.19. The van der Waals surface area contributed by atoms with Gasteiger partial charge >= 0.3 is 5.97 Å². The molecular formula is C17H16N2O3S. The first-order valence-corrected chi connectivity index (χ1v) is 8.16. The number of fused-ring (bicyclic) bond motifs is 1. The van der Waals surface area contributed by atoms with Crippen molar-refractivity contribution in [2.75, 3.05) is 0 Å². The van der Waals surface area contributed by atoms with E-state index in [1.807, 2.05) is 35.7 Å². The van der Waals surface area contributed by atoms with Gasteiger partial charge in [-0.1, -0.05) is 30.3 Å². The third-order valence-electron chi connectivity index (χ3n) is 3.31. The molecule has 0 aliphatic rings. The second-order valence-electron chi connectivity index (χ2n) is 5.41. The van der Waals surface area contributed by atoms with E-state index in [0.717, 1.165) is 11.1 Å². The lowest BCUT2D eigenvalue weighted by Gasteiger charge is -2.09. The van der Waals surface area contributed by atoms with Crippen LogP contribution in [-0.4, -0.2) is 21.6 Å². The van der Waals surface area contributed by atoms with Gasteiger partial charge in [0, 0.05) is 10.9 Å². The molecule has 0 atom stereocenters. The van der Waals surface area contributed by atoms with Gasteiger partial charge in [-0.3, -0.25) is 14.2 Å². The number of hydrogen-bond donors (Lipinski definition) is 0. The minimum atomic E-state index is -0.445. The minimum Gasteiger partial charge on any atom is -0.462 e. The maximum atomic E-state index is 12.7. The van der Waals surface area contributed by atoms with Crippen LogP contribution in [0.5, 0.6) is 0 Å². The van der Waals surface area contributed by atoms with Gasteiger partial charge < -0.3 is 4.74 Å². The SMILES string of the molecule is CC(C)OC(=O)Cn1cnc2scc(-c3ccccc3)c2c1=O. The van der Waals surface area contributed by atoms with Gasteiger partial charge in [-0.05, 0) is 19.4 Å². The van der Waals surface area contributed by atoms with Gasteiger partial charge in [-0.2, -0.15) is 0 Å². The summed E-state index contributed by atoms with van der Waals surface area (Å²) in [6.45, 7) is 3.41. The first-order chi connectivity index (χ1) is 11.1. The van der Waals surface area contributed by atoms with Crippen LogP contribution in [0.15, 0.2) is 46.8 Å². The molecule has 0 aliphatic carbocycles. The second kappa shape index (κ2) is 6.34. The van der Waals surface area contributed by atoms with Crippen LogP contribution in [0.3, 0.4) is 0 Å². The Labute approximate surface area is 137 Å². The lowest BCUT2D eigenvalue weighted by molar-refractivity contribution is -0.148. The summed E-state index contributed by atoms with van der Waals surface area (Å²) >= 11 is 1.42. The van der Waals surface area contributed by atoms with E-state index in [2.05, 4.69) is 4.98 Å². The van der Waals surface area contributed by atoms with Gasteiger partial charge in [0.15, 0.2) is 0 Å². The largest absolute Gasteiger partial charge is 0.462 e. The molecule has 0 radical (unpaired) electrons. The quantitative estimate of drug-likeness (QED) is 0.691. The van der Waals surface area contributed by atoms with Crippen LogP contribution < -0.4 is 5.56 Å². The van der Waals surface area contributed by atoms with E-state index < -0.39 is 5.97 Å². The number of esters is 1. The zero-order chi connectivity index (χ0) is 16.4. The van der Waals surface area contributed by atoms with E-state index in [1.165, 1.54) is 22.2 Å². The Hall–Kier alpha value is -2.47. The van der Waals surface area contributed by atoms with Crippen molar-refractivity contribution in [2.45, 2.75) is 26.5 Å². The summed E-state index contributed by atoms with van der Waals surface area (Å²) < 4.78 is 6.39. The molecule has 2 aromatic heterocycles. The summed E-state index contributed by atoms with van der Waals surface area (Å²) in [5.41, 5.74) is 1.57. The summed E-state index contributed by atoms with van der Waals surface area (Å²) in [5.74, 6) is -0.445. The lowest BCUT2D eigenvalue weighted by Crippen LogP contribution is -2.26. The monoisotopic (exact) mass is 328 g/mol. The van der Waals surface area contributed by atoms with E-state index in [0.29, 0.717) is 10.2 Å². The number of ether oxygens (including phenoxy) is 1. The van der Waals surface area contributed by atoms with Crippen molar-refractivity contribution in [3.05, 3.63) is 52.4 Å². The molecular weight excluding hydrogens is 312 g/mol. The molecule has 6 heteroatoms. The Balaban J connectivity index is 2.05. The number of nitrogens with zero attached hydrogens (tertiary/aromatic N) is 2. The number of thiophene rings is 1. The third kappa shape index (κ3) is 3.17. The molecule has 0 saturated carbocycles. The van der Waals surface area contributed by atoms with Gasteiger partial charge in [-0.15, -0.1) is 11.3 Å². The molecule has 0 spiro atoms. The average molecular weight is 328 g/mol. The molecule has 3 aromatic rings. The Bertz CT molecular complexity index is 897. The maximum absolute atomic E-state index is 12.7. The number of hydrogen-bond acceptors (Lipinski definition) is 5. The number of carbonyl (C=O) groups is 1. The van der Waals surface area contributed by atoms with E-state index in [1.54, 1.807) is 13.8 Å². The normalized spacial score (nSPS) is 11.1. The van der Waals surface area contributed by atoms with Gasteiger partial charge in [0.2, 0.25) is 0 Å². The molecule has 3 rings (SSSR count). The first-order valence-electron chi connectivity index (χ1n) is 7.28. The highest BCUT2D eigenvalue weighted by Crippen LogP contribution is 2.30. The predicted molar refractivity (Wildman–Crippen MR) is 90.5 cm³/mol. The molecule has 5 nitrogen and oxygen atoms in total. The van der Waals surface area contributed by atoms with Crippen LogP contribution >= 0.6 is 11.3 Å². The second-order valence-corrected chi connectivity index (χ2v) is 6.27. The number of aromatic nitrogens is 2. The Morgan fingerprint density at radius 2 is 2.04 bits per heavy atom. The molecule has 23 heavy (non-hydrogen) atoms. The van der Waals surface area contributed by atoms with Gasteiger partial charge in [-0.25, -0.2) is 4.98 Å². The van der Waals surface area contributed by atoms with Crippen LogP contribution in [0.2, 0.25) is 0 Å². The number of rotatable bonds is 4. The van der Waals surface area contributed by atoms with Crippen molar-refractivity contribution in [3.63, 3.8) is 0 Å². The molecule has 0 aliphatic heterocycles. The zero-order valence-electron chi connectivity index (χ0n) is 12.9. The van der Waals surface area contributed by atoms with E-state index in [-0.39, 0.29) is 18.2 Å². The lowest BCUT2D eigenvalue weighted by atomic mass is 10.1. The van der Waals surface area contributed by atoms with Crippen molar-refractivity contribution >= 4 is 27.5 Å². The summed E-state index contributed by atoms with van der Waals surface area (Å²) in [5, 5.41) is 2.46. The van der Waals surface area contributed by atoms with Gasteiger partial charge in [0.05, 0.1) is 17.8 Å². The fraction of sp³-hybridized carbons (Fsp3) is 0.235. The molecule has 1 aromatic carbocycles. The van der Waals surface area contributed by atoms with Crippen molar-refractivity contribution in [1.29, 1.82) is 0 Å². The highest BCUT2D eigenvalue weighted by atomic mass is 32.1. The molecule has 0 bridgehead atoms. The van der Waals surface area contributed by atoms with Crippen molar-refractivity contribution < 1.29 is 9.53 Å². The van der Waals surface area contributed by atoms with Crippen molar-refractivity contribution in [2.24, 2.45) is 0 Å². The molecule has 118 valence electrons. The fourth-order valence-corrected chi connectivity index (χ4v) is 3.26. The van der Waals surface area contributed by atoms with Crippen LogP contribution in [0.25, 0.3) is 21.3 Å². The van der Waals surface area contributed by atoms with Crippen LogP contribution in [0.4, 0.5) is 0 Å². The van der Waals surface area contributed by atoms with Crippen molar-refractivity contribution in [1.82, 2.24) is 9.55 Å². The molecule has 0 amide bonds. The van der Waals surface area contributed by atoms with Gasteiger partial charge in [0.1, 0.15) is 11.4 Å². The third-order valence-corrected chi connectivity index (χ3v) is 4.20. The van der Waals surface area contributed by atoms with Crippen molar-refractivity contribution in [3.8, 4) is 11.1 Å². The summed E-state index contributed by atoms with van der Waals surface area (Å²) in [6, 6.07) is 9.68. The summed E-state index contributed by atoms with van der Waals surface area (Å²) in [7, 11) is 0. The van der Waals surface area contributed by atoms with Crippen LogP contribution in [-0.2, 0) is 16.1 Å². The molecule has 0 fully saturated rings. The van der Waals surface area contributed by atoms with E-state index in [4.69, 9.17) is 4.74 Å². The highest BCUT2D eigenvalue weighted by Gasteiger charge is 2.15. The standard InChI is InChI=1S/C17H16N2O3S/c1-11(2)22-14(20)8-19-10-18-16-15(17(19)21)13(9-23-16)12-6-4-3-5-7-12/h3-7,9-11H,8H2,1-2H3. The molecule has 0 saturated heterocycles. The van der Waals surface area contributed by atoms with Gasteiger partial charge in [0.25, 0.3) is 5.56 Å². The Morgan fingerprint density at radius 3 is 2.74 bits per heavy atom. The maximum Gasteiger partial charge on any atom is 0.326 e. The predicted octanol–water partition coefficient (Wildman–Crippen LogP) is 3.08.